The highest BCUT2D eigenvalue weighted by Crippen LogP contribution is 2.16. The van der Waals surface area contributed by atoms with Gasteiger partial charge < -0.3 is 10.5 Å². The normalized spacial score (nSPS) is 10.5. The van der Waals surface area contributed by atoms with E-state index >= 15 is 0 Å². The molecule has 1 aromatic carbocycles. The van der Waals surface area contributed by atoms with Crippen molar-refractivity contribution in [3.05, 3.63) is 35.5 Å². The largest absolute Gasteiger partial charge is 0.492 e. The minimum absolute atomic E-state index is 0.427. The van der Waals surface area contributed by atoms with E-state index in [4.69, 9.17) is 10.5 Å². The molecule has 0 spiro atoms. The van der Waals surface area contributed by atoms with Crippen LogP contribution < -0.4 is 10.5 Å². The summed E-state index contributed by atoms with van der Waals surface area (Å²) in [5, 5.41) is 7.55. The molecule has 2 N–H and O–H groups in total. The molecule has 0 saturated carbocycles. The van der Waals surface area contributed by atoms with Crippen molar-refractivity contribution in [1.82, 2.24) is 15.0 Å². The first kappa shape index (κ1) is 11.4. The van der Waals surface area contributed by atoms with Crippen LogP contribution in [-0.4, -0.2) is 21.6 Å². The SMILES string of the molecule is Cc1cc(C)cc(OCCn2cc(N)nn2)c1. The second-order valence-electron chi connectivity index (χ2n) is 4.08. The van der Waals surface area contributed by atoms with Gasteiger partial charge in [0, 0.05) is 0 Å². The Morgan fingerprint density at radius 3 is 2.53 bits per heavy atom. The Balaban J connectivity index is 1.89. The van der Waals surface area contributed by atoms with Gasteiger partial charge in [0.05, 0.1) is 12.7 Å². The Hall–Kier alpha value is -2.04. The van der Waals surface area contributed by atoms with Gasteiger partial charge >= 0.3 is 0 Å². The molecule has 2 aromatic rings. The van der Waals surface area contributed by atoms with E-state index < -0.39 is 0 Å². The lowest BCUT2D eigenvalue weighted by molar-refractivity contribution is 0.289. The molecule has 1 heterocycles. The maximum atomic E-state index is 5.65. The molecule has 1 aromatic heterocycles. The molecule has 0 atom stereocenters. The first-order valence-electron chi connectivity index (χ1n) is 5.50. The number of benzene rings is 1. The molecule has 17 heavy (non-hydrogen) atoms. The summed E-state index contributed by atoms with van der Waals surface area (Å²) in [4.78, 5) is 0. The van der Waals surface area contributed by atoms with Crippen molar-refractivity contribution in [2.75, 3.05) is 12.3 Å². The van der Waals surface area contributed by atoms with Gasteiger partial charge in [-0.15, -0.1) is 5.10 Å². The fraction of sp³-hybridized carbons (Fsp3) is 0.333. The first-order chi connectivity index (χ1) is 8.13. The summed E-state index contributed by atoms with van der Waals surface area (Å²) in [6.07, 6.45) is 1.69. The molecule has 90 valence electrons. The van der Waals surface area contributed by atoms with Gasteiger partial charge in [-0.3, -0.25) is 0 Å². The van der Waals surface area contributed by atoms with Gasteiger partial charge in [-0.1, -0.05) is 11.3 Å². The lowest BCUT2D eigenvalue weighted by Crippen LogP contribution is -2.08. The molecule has 0 aliphatic heterocycles. The number of anilines is 1. The van der Waals surface area contributed by atoms with Crippen molar-refractivity contribution in [3.8, 4) is 5.75 Å². The van der Waals surface area contributed by atoms with Crippen LogP contribution in [0.25, 0.3) is 0 Å². The van der Waals surface area contributed by atoms with Crippen LogP contribution in [0.3, 0.4) is 0 Å². The maximum Gasteiger partial charge on any atom is 0.165 e. The van der Waals surface area contributed by atoms with Gasteiger partial charge in [-0.25, -0.2) is 4.68 Å². The number of hydrogen-bond donors (Lipinski definition) is 1. The lowest BCUT2D eigenvalue weighted by Gasteiger charge is -2.07. The van der Waals surface area contributed by atoms with E-state index in [1.165, 1.54) is 11.1 Å². The summed E-state index contributed by atoms with van der Waals surface area (Å²) < 4.78 is 7.32. The van der Waals surface area contributed by atoms with E-state index in [9.17, 15) is 0 Å². The minimum atomic E-state index is 0.427. The standard InChI is InChI=1S/C12H16N4O/c1-9-5-10(2)7-11(6-9)17-4-3-16-8-12(13)14-15-16/h5-8H,3-4,13H2,1-2H3. The van der Waals surface area contributed by atoms with Crippen LogP contribution in [0.5, 0.6) is 5.75 Å². The molecular formula is C12H16N4O. The fourth-order valence-corrected chi connectivity index (χ4v) is 1.70. The molecule has 5 nitrogen and oxygen atoms in total. The van der Waals surface area contributed by atoms with Gasteiger partial charge in [0.1, 0.15) is 12.4 Å². The van der Waals surface area contributed by atoms with E-state index in [-0.39, 0.29) is 0 Å². The summed E-state index contributed by atoms with van der Waals surface area (Å²) in [7, 11) is 0. The van der Waals surface area contributed by atoms with E-state index in [0.717, 1.165) is 5.75 Å². The molecule has 0 saturated heterocycles. The Morgan fingerprint density at radius 1 is 1.24 bits per heavy atom. The van der Waals surface area contributed by atoms with Crippen molar-refractivity contribution in [3.63, 3.8) is 0 Å². The second-order valence-corrected chi connectivity index (χ2v) is 4.08. The van der Waals surface area contributed by atoms with E-state index in [2.05, 4.69) is 30.2 Å². The van der Waals surface area contributed by atoms with Crippen LogP contribution in [0.2, 0.25) is 0 Å². The van der Waals surface area contributed by atoms with E-state index in [1.807, 2.05) is 12.1 Å². The zero-order chi connectivity index (χ0) is 12.3. The summed E-state index contributed by atoms with van der Waals surface area (Å²) in [6.45, 7) is 5.29. The topological polar surface area (TPSA) is 66.0 Å². The number of aryl methyl sites for hydroxylation is 2. The summed E-state index contributed by atoms with van der Waals surface area (Å²) in [5.74, 6) is 1.31. The minimum Gasteiger partial charge on any atom is -0.492 e. The Bertz CT molecular complexity index is 487. The fourth-order valence-electron chi connectivity index (χ4n) is 1.70. The molecule has 0 fully saturated rings. The van der Waals surface area contributed by atoms with Crippen molar-refractivity contribution in [2.24, 2.45) is 0 Å². The molecule has 0 radical (unpaired) electrons. The van der Waals surface area contributed by atoms with Crippen LogP contribution in [-0.2, 0) is 6.54 Å². The van der Waals surface area contributed by atoms with Crippen molar-refractivity contribution < 1.29 is 4.74 Å². The molecular weight excluding hydrogens is 216 g/mol. The number of aromatic nitrogens is 3. The monoisotopic (exact) mass is 232 g/mol. The van der Waals surface area contributed by atoms with Crippen LogP contribution in [0.1, 0.15) is 11.1 Å². The van der Waals surface area contributed by atoms with Crippen LogP contribution in [0.15, 0.2) is 24.4 Å². The number of nitrogens with two attached hydrogens (primary N) is 1. The van der Waals surface area contributed by atoms with Crippen molar-refractivity contribution in [2.45, 2.75) is 20.4 Å². The highest BCUT2D eigenvalue weighted by atomic mass is 16.5. The first-order valence-corrected chi connectivity index (χ1v) is 5.50. The van der Waals surface area contributed by atoms with Gasteiger partial charge in [0.15, 0.2) is 5.82 Å². The predicted molar refractivity (Wildman–Crippen MR) is 65.8 cm³/mol. The van der Waals surface area contributed by atoms with Gasteiger partial charge in [0.25, 0.3) is 0 Å². The van der Waals surface area contributed by atoms with Gasteiger partial charge in [-0.2, -0.15) is 0 Å². The highest BCUT2D eigenvalue weighted by molar-refractivity contribution is 5.32. The number of hydrogen-bond acceptors (Lipinski definition) is 4. The summed E-state index contributed by atoms with van der Waals surface area (Å²) >= 11 is 0. The van der Waals surface area contributed by atoms with Crippen molar-refractivity contribution in [1.29, 1.82) is 0 Å². The lowest BCUT2D eigenvalue weighted by atomic mass is 10.1. The van der Waals surface area contributed by atoms with E-state index in [0.29, 0.717) is 19.0 Å². The number of rotatable bonds is 4. The zero-order valence-electron chi connectivity index (χ0n) is 10.1. The third-order valence-corrected chi connectivity index (χ3v) is 2.34. The second kappa shape index (κ2) is 4.86. The Kier molecular flexibility index (Phi) is 3.27. The Labute approximate surface area is 100 Å². The molecule has 0 aliphatic rings. The molecule has 0 aliphatic carbocycles. The average molecular weight is 232 g/mol. The number of ether oxygens (including phenoxy) is 1. The number of nitrogens with zero attached hydrogens (tertiary/aromatic N) is 3. The molecule has 0 bridgehead atoms. The van der Waals surface area contributed by atoms with Crippen LogP contribution in [0, 0.1) is 13.8 Å². The maximum absolute atomic E-state index is 5.65. The number of nitrogen functional groups attached to an aromatic ring is 1. The Morgan fingerprint density at radius 2 is 1.94 bits per heavy atom. The van der Waals surface area contributed by atoms with E-state index in [1.54, 1.807) is 10.9 Å². The molecule has 0 amide bonds. The third kappa shape index (κ3) is 3.21. The molecule has 0 unspecified atom stereocenters. The van der Waals surface area contributed by atoms with Gasteiger partial charge in [0.2, 0.25) is 0 Å². The third-order valence-electron chi connectivity index (χ3n) is 2.34. The molecule has 5 heteroatoms. The predicted octanol–water partition coefficient (Wildman–Crippen LogP) is 1.56. The van der Waals surface area contributed by atoms with Crippen molar-refractivity contribution >= 4 is 5.82 Å². The van der Waals surface area contributed by atoms with Crippen LogP contribution in [0.4, 0.5) is 5.82 Å². The van der Waals surface area contributed by atoms with Crippen LogP contribution >= 0.6 is 0 Å². The summed E-state index contributed by atoms with van der Waals surface area (Å²) in [6, 6.07) is 6.15. The molecule has 2 rings (SSSR count). The average Bonchev–Trinajstić information content (AvgIpc) is 2.63. The summed E-state index contributed by atoms with van der Waals surface area (Å²) in [5.41, 5.74) is 7.86. The smallest absolute Gasteiger partial charge is 0.165 e. The quantitative estimate of drug-likeness (QED) is 0.868. The zero-order valence-corrected chi connectivity index (χ0v) is 10.1. The highest BCUT2D eigenvalue weighted by Gasteiger charge is 1.99. The van der Waals surface area contributed by atoms with Gasteiger partial charge in [-0.05, 0) is 37.1 Å².